The molecule has 0 radical (unpaired) electrons. The van der Waals surface area contributed by atoms with Gasteiger partial charge in [-0.2, -0.15) is 5.26 Å². The van der Waals surface area contributed by atoms with E-state index >= 15 is 0 Å². The summed E-state index contributed by atoms with van der Waals surface area (Å²) in [5, 5.41) is 9.70. The molecule has 0 spiro atoms. The molecule has 2 aromatic rings. The molecule has 0 bridgehead atoms. The van der Waals surface area contributed by atoms with Crippen molar-refractivity contribution in [1.29, 1.82) is 5.26 Å². The highest BCUT2D eigenvalue weighted by Crippen LogP contribution is 2.46. The van der Waals surface area contributed by atoms with Gasteiger partial charge < -0.3 is 15.2 Å². The molecule has 0 saturated heterocycles. The highest BCUT2D eigenvalue weighted by atomic mass is 16.5. The minimum absolute atomic E-state index is 0.00195. The number of benzene rings is 2. The lowest BCUT2D eigenvalue weighted by atomic mass is 9.73. The van der Waals surface area contributed by atoms with Gasteiger partial charge in [0.2, 0.25) is 5.88 Å². The summed E-state index contributed by atoms with van der Waals surface area (Å²) in [5.41, 5.74) is 10.0. The molecule has 2 atom stereocenters. The van der Waals surface area contributed by atoms with Gasteiger partial charge in [-0.25, -0.2) is 0 Å². The van der Waals surface area contributed by atoms with Crippen molar-refractivity contribution in [3.63, 3.8) is 0 Å². The third kappa shape index (κ3) is 3.38. The van der Waals surface area contributed by atoms with E-state index in [1.54, 1.807) is 7.11 Å². The van der Waals surface area contributed by atoms with Gasteiger partial charge in [0, 0.05) is 18.4 Å². The lowest BCUT2D eigenvalue weighted by Crippen LogP contribution is -2.29. The number of rotatable bonds is 3. The van der Waals surface area contributed by atoms with Crippen molar-refractivity contribution in [3.05, 3.63) is 88.0 Å². The lowest BCUT2D eigenvalue weighted by molar-refractivity contribution is -0.117. The number of hydrogen-bond donors (Lipinski definition) is 1. The van der Waals surface area contributed by atoms with E-state index in [0.29, 0.717) is 29.9 Å². The Bertz CT molecular complexity index is 1060. The van der Waals surface area contributed by atoms with Gasteiger partial charge >= 0.3 is 0 Å². The second-order valence-corrected chi connectivity index (χ2v) is 7.47. The summed E-state index contributed by atoms with van der Waals surface area (Å²) in [5.74, 6) is 0.877. The van der Waals surface area contributed by atoms with Crippen LogP contribution in [0.3, 0.4) is 0 Å². The predicted molar refractivity (Wildman–Crippen MR) is 109 cm³/mol. The first kappa shape index (κ1) is 18.8. The molecule has 146 valence electrons. The summed E-state index contributed by atoms with van der Waals surface area (Å²) in [6.45, 7) is 2.04. The Morgan fingerprint density at radius 3 is 2.34 bits per heavy atom. The SMILES string of the molecule is COc1ccc([C@@H]2C(C#N)=C(N)OC3=C2C(=O)C[C@@H](c2ccc(C)cc2)C3)cc1. The maximum Gasteiger partial charge on any atom is 0.205 e. The van der Waals surface area contributed by atoms with E-state index in [4.69, 9.17) is 15.2 Å². The normalized spacial score (nSPS) is 21.3. The van der Waals surface area contributed by atoms with Gasteiger partial charge in [0.25, 0.3) is 0 Å². The minimum atomic E-state index is -0.513. The molecule has 5 nitrogen and oxygen atoms in total. The number of ketones is 1. The second kappa shape index (κ2) is 7.48. The Kier molecular flexibility index (Phi) is 4.85. The van der Waals surface area contributed by atoms with Crippen molar-refractivity contribution in [2.45, 2.75) is 31.6 Å². The molecule has 2 aliphatic rings. The Balaban J connectivity index is 1.75. The predicted octanol–water partition coefficient (Wildman–Crippen LogP) is 4.21. The van der Waals surface area contributed by atoms with Crippen molar-refractivity contribution in [2.24, 2.45) is 5.73 Å². The summed E-state index contributed by atoms with van der Waals surface area (Å²) in [6, 6.07) is 17.7. The zero-order valence-corrected chi connectivity index (χ0v) is 16.4. The van der Waals surface area contributed by atoms with Crippen LogP contribution in [0.25, 0.3) is 0 Å². The first-order valence-electron chi connectivity index (χ1n) is 9.56. The molecule has 5 heteroatoms. The van der Waals surface area contributed by atoms with E-state index in [1.165, 1.54) is 5.56 Å². The van der Waals surface area contributed by atoms with E-state index in [1.807, 2.05) is 43.3 Å². The van der Waals surface area contributed by atoms with Gasteiger partial charge in [0.05, 0.1) is 13.0 Å². The van der Waals surface area contributed by atoms with Gasteiger partial charge in [-0.05, 0) is 36.1 Å². The van der Waals surface area contributed by atoms with Crippen LogP contribution in [0.15, 0.2) is 71.3 Å². The van der Waals surface area contributed by atoms with Crippen LogP contribution in [0.2, 0.25) is 0 Å². The first-order valence-corrected chi connectivity index (χ1v) is 9.56. The van der Waals surface area contributed by atoms with Gasteiger partial charge in [0.15, 0.2) is 5.78 Å². The molecule has 0 aromatic heterocycles. The van der Waals surface area contributed by atoms with Crippen molar-refractivity contribution >= 4 is 5.78 Å². The lowest BCUT2D eigenvalue weighted by Gasteiger charge is -2.34. The fourth-order valence-corrected chi connectivity index (χ4v) is 4.11. The first-order chi connectivity index (χ1) is 14.0. The maximum absolute atomic E-state index is 13.2. The zero-order valence-electron chi connectivity index (χ0n) is 16.4. The monoisotopic (exact) mass is 386 g/mol. The standard InChI is InChI=1S/C24H22N2O3/c1-14-3-5-15(6-4-14)17-11-20(27)23-21(12-17)29-24(26)19(13-25)22(23)16-7-9-18(28-2)10-8-16/h3-10,17,22H,11-12,26H2,1-2H3/t17-,22-/m1/s1. The molecule has 1 heterocycles. The minimum Gasteiger partial charge on any atom is -0.497 e. The molecular formula is C24H22N2O3. The topological polar surface area (TPSA) is 85.3 Å². The fourth-order valence-electron chi connectivity index (χ4n) is 4.11. The van der Waals surface area contributed by atoms with Crippen LogP contribution in [-0.4, -0.2) is 12.9 Å². The quantitative estimate of drug-likeness (QED) is 0.854. The average molecular weight is 386 g/mol. The second-order valence-electron chi connectivity index (χ2n) is 7.47. The van der Waals surface area contributed by atoms with Crippen molar-refractivity contribution in [1.82, 2.24) is 0 Å². The maximum atomic E-state index is 13.2. The van der Waals surface area contributed by atoms with Crippen LogP contribution in [0.4, 0.5) is 0 Å². The van der Waals surface area contributed by atoms with Gasteiger partial charge in [-0.3, -0.25) is 4.79 Å². The number of aryl methyl sites for hydroxylation is 1. The molecule has 2 N–H and O–H groups in total. The molecule has 29 heavy (non-hydrogen) atoms. The number of ether oxygens (including phenoxy) is 2. The molecule has 0 amide bonds. The van der Waals surface area contributed by atoms with Gasteiger partial charge in [-0.15, -0.1) is 0 Å². The summed E-state index contributed by atoms with van der Waals surface area (Å²) >= 11 is 0. The van der Waals surface area contributed by atoms with Gasteiger partial charge in [0.1, 0.15) is 23.2 Å². The molecule has 0 saturated carbocycles. The van der Waals surface area contributed by atoms with Crippen molar-refractivity contribution in [3.8, 4) is 11.8 Å². The van der Waals surface area contributed by atoms with E-state index in [9.17, 15) is 10.1 Å². The number of nitriles is 1. The Labute approximate surface area is 170 Å². The molecule has 1 aliphatic carbocycles. The van der Waals surface area contributed by atoms with Crippen LogP contribution in [0, 0.1) is 18.3 Å². The van der Waals surface area contributed by atoms with E-state index in [-0.39, 0.29) is 23.2 Å². The molecule has 0 fully saturated rings. The third-order valence-corrected chi connectivity index (χ3v) is 5.66. The Hall–Kier alpha value is -3.52. The number of nitrogens with two attached hydrogens (primary N) is 1. The molecule has 0 unspecified atom stereocenters. The van der Waals surface area contributed by atoms with Gasteiger partial charge in [-0.1, -0.05) is 42.0 Å². The average Bonchev–Trinajstić information content (AvgIpc) is 2.73. The number of carbonyl (C=O) groups is 1. The number of carbonyl (C=O) groups excluding carboxylic acids is 1. The third-order valence-electron chi connectivity index (χ3n) is 5.66. The Morgan fingerprint density at radius 2 is 1.72 bits per heavy atom. The number of methoxy groups -OCH3 is 1. The summed E-state index contributed by atoms with van der Waals surface area (Å²) in [4.78, 5) is 13.2. The number of nitrogens with zero attached hydrogens (tertiary/aromatic N) is 1. The molecule has 4 rings (SSSR count). The molecular weight excluding hydrogens is 364 g/mol. The number of hydrogen-bond acceptors (Lipinski definition) is 5. The van der Waals surface area contributed by atoms with E-state index in [2.05, 4.69) is 18.2 Å². The summed E-state index contributed by atoms with van der Waals surface area (Å²) in [6.07, 6.45) is 0.965. The highest BCUT2D eigenvalue weighted by molar-refractivity contribution is 6.00. The smallest absolute Gasteiger partial charge is 0.205 e. The number of allylic oxidation sites excluding steroid dienone is 3. The van der Waals surface area contributed by atoms with Crippen molar-refractivity contribution < 1.29 is 14.3 Å². The van der Waals surface area contributed by atoms with Crippen LogP contribution in [0.1, 0.15) is 41.4 Å². The summed E-state index contributed by atoms with van der Waals surface area (Å²) in [7, 11) is 1.60. The van der Waals surface area contributed by atoms with E-state index < -0.39 is 5.92 Å². The molecule has 1 aliphatic heterocycles. The number of Topliss-reactive ketones (excluding diaryl/α,β-unsaturated/α-hetero) is 1. The van der Waals surface area contributed by atoms with Crippen LogP contribution >= 0.6 is 0 Å². The van der Waals surface area contributed by atoms with Crippen LogP contribution < -0.4 is 10.5 Å². The molecule has 2 aromatic carbocycles. The van der Waals surface area contributed by atoms with E-state index in [0.717, 1.165) is 11.1 Å². The summed E-state index contributed by atoms with van der Waals surface area (Å²) < 4.78 is 11.0. The fraction of sp³-hybridized carbons (Fsp3) is 0.250. The Morgan fingerprint density at radius 1 is 1.07 bits per heavy atom. The largest absolute Gasteiger partial charge is 0.497 e. The highest BCUT2D eigenvalue weighted by Gasteiger charge is 2.40. The van der Waals surface area contributed by atoms with Crippen molar-refractivity contribution in [2.75, 3.05) is 7.11 Å². The van der Waals surface area contributed by atoms with Crippen LogP contribution in [-0.2, 0) is 9.53 Å². The zero-order chi connectivity index (χ0) is 20.5. The van der Waals surface area contributed by atoms with Crippen LogP contribution in [0.5, 0.6) is 5.75 Å².